The zero-order valence-electron chi connectivity index (χ0n) is 25.7. The van der Waals surface area contributed by atoms with Gasteiger partial charge in [-0.2, -0.15) is 4.98 Å². The summed E-state index contributed by atoms with van der Waals surface area (Å²) < 4.78 is 5.64. The van der Waals surface area contributed by atoms with E-state index in [0.29, 0.717) is 41.2 Å². The number of nitrogens with one attached hydrogen (secondary N) is 1. The minimum Gasteiger partial charge on any atom is -0.465 e. The fourth-order valence-corrected chi connectivity index (χ4v) is 5.59. The van der Waals surface area contributed by atoms with Gasteiger partial charge in [-0.15, -0.1) is 0 Å². The standard InChI is InChI=1S/C36H35ClN4O5/c1-3-40(23-28-16-10-11-17-29(28)37)33(42)31(20-25-12-6-4-7-13-25)39-35-38-30-19-18-27(24(2)32(30)34(43)46-35)22-41(36(44)45)21-26-14-8-5-9-15-26/h4-19,31H,3,20-23H2,1-2H3,(H,38,39)(H,44,45). The second kappa shape index (κ2) is 14.8. The maximum atomic E-state index is 14.0. The third-order valence-electron chi connectivity index (χ3n) is 7.91. The minimum atomic E-state index is -1.07. The molecule has 0 aliphatic rings. The smallest absolute Gasteiger partial charge is 0.407 e. The number of aryl methyl sites for hydroxylation is 1. The van der Waals surface area contributed by atoms with Crippen LogP contribution in [0.4, 0.5) is 10.8 Å². The van der Waals surface area contributed by atoms with E-state index in [4.69, 9.17) is 16.0 Å². The van der Waals surface area contributed by atoms with E-state index >= 15 is 0 Å². The molecule has 4 aromatic carbocycles. The number of halogens is 1. The van der Waals surface area contributed by atoms with Crippen molar-refractivity contribution in [2.75, 3.05) is 11.9 Å². The predicted octanol–water partition coefficient (Wildman–Crippen LogP) is 6.90. The van der Waals surface area contributed by atoms with Crippen LogP contribution < -0.4 is 10.9 Å². The average Bonchev–Trinajstić information content (AvgIpc) is 3.05. The van der Waals surface area contributed by atoms with Crippen molar-refractivity contribution < 1.29 is 19.1 Å². The molecule has 46 heavy (non-hydrogen) atoms. The summed E-state index contributed by atoms with van der Waals surface area (Å²) in [5, 5.41) is 13.8. The van der Waals surface area contributed by atoms with Crippen LogP contribution in [0.1, 0.15) is 34.7 Å². The van der Waals surface area contributed by atoms with Crippen LogP contribution >= 0.6 is 11.6 Å². The maximum Gasteiger partial charge on any atom is 0.407 e. The van der Waals surface area contributed by atoms with E-state index < -0.39 is 17.8 Å². The Morgan fingerprint density at radius 3 is 2.13 bits per heavy atom. The molecule has 1 heterocycles. The first-order valence-corrected chi connectivity index (χ1v) is 15.4. The van der Waals surface area contributed by atoms with Gasteiger partial charge >= 0.3 is 11.7 Å². The Morgan fingerprint density at radius 1 is 0.848 bits per heavy atom. The molecule has 2 N–H and O–H groups in total. The van der Waals surface area contributed by atoms with E-state index in [1.807, 2.05) is 85.8 Å². The summed E-state index contributed by atoms with van der Waals surface area (Å²) in [5.74, 6) is -0.200. The number of carbonyl (C=O) groups excluding carboxylic acids is 1. The van der Waals surface area contributed by atoms with Gasteiger partial charge in [-0.3, -0.25) is 9.69 Å². The third-order valence-corrected chi connectivity index (χ3v) is 8.28. The molecule has 0 bridgehead atoms. The molecule has 0 fully saturated rings. The fourth-order valence-electron chi connectivity index (χ4n) is 5.39. The van der Waals surface area contributed by atoms with Crippen LogP contribution in [0.2, 0.25) is 5.02 Å². The lowest BCUT2D eigenvalue weighted by atomic mass is 10.0. The zero-order valence-corrected chi connectivity index (χ0v) is 26.4. The molecule has 9 nitrogen and oxygen atoms in total. The van der Waals surface area contributed by atoms with E-state index in [9.17, 15) is 19.5 Å². The van der Waals surface area contributed by atoms with Crippen molar-refractivity contribution in [2.24, 2.45) is 0 Å². The molecule has 0 spiro atoms. The number of hydrogen-bond acceptors (Lipinski definition) is 6. The van der Waals surface area contributed by atoms with Crippen molar-refractivity contribution in [3.63, 3.8) is 0 Å². The highest BCUT2D eigenvalue weighted by molar-refractivity contribution is 6.31. The Kier molecular flexibility index (Phi) is 10.3. The number of rotatable bonds is 12. The highest BCUT2D eigenvalue weighted by Gasteiger charge is 2.27. The number of nitrogens with zero attached hydrogens (tertiary/aromatic N) is 3. The lowest BCUT2D eigenvalue weighted by molar-refractivity contribution is -0.132. The molecule has 0 saturated heterocycles. The lowest BCUT2D eigenvalue weighted by Crippen LogP contribution is -2.44. The lowest BCUT2D eigenvalue weighted by Gasteiger charge is -2.27. The molecular weight excluding hydrogens is 604 g/mol. The first-order chi connectivity index (χ1) is 22.2. The van der Waals surface area contributed by atoms with Gasteiger partial charge in [-0.1, -0.05) is 96.5 Å². The summed E-state index contributed by atoms with van der Waals surface area (Å²) in [6.45, 7) is 4.68. The molecule has 10 heteroatoms. The SMILES string of the molecule is CCN(Cc1ccccc1Cl)C(=O)C(Cc1ccccc1)Nc1nc2ccc(CN(Cc3ccccc3)C(=O)O)c(C)c2c(=O)o1. The van der Waals surface area contributed by atoms with Gasteiger partial charge in [0.1, 0.15) is 6.04 Å². The highest BCUT2D eigenvalue weighted by atomic mass is 35.5. The second-order valence-corrected chi connectivity index (χ2v) is 11.4. The third kappa shape index (κ3) is 7.73. The van der Waals surface area contributed by atoms with Crippen LogP contribution in [0.3, 0.4) is 0 Å². The van der Waals surface area contributed by atoms with Crippen molar-refractivity contribution in [1.82, 2.24) is 14.8 Å². The topological polar surface area (TPSA) is 116 Å². The molecule has 1 unspecified atom stereocenters. The highest BCUT2D eigenvalue weighted by Crippen LogP contribution is 2.23. The fraction of sp³-hybridized carbons (Fsp3) is 0.222. The summed E-state index contributed by atoms with van der Waals surface area (Å²) in [6, 6.07) is 28.8. The number of amides is 2. The van der Waals surface area contributed by atoms with Gasteiger partial charge in [0.05, 0.1) is 10.9 Å². The van der Waals surface area contributed by atoms with E-state index in [1.54, 1.807) is 30.0 Å². The van der Waals surface area contributed by atoms with Crippen LogP contribution in [-0.4, -0.2) is 44.5 Å². The Balaban J connectivity index is 1.42. The number of carboxylic acid groups (broad SMARTS) is 1. The Hall–Kier alpha value is -5.15. The van der Waals surface area contributed by atoms with Crippen molar-refractivity contribution in [1.29, 1.82) is 0 Å². The molecule has 0 saturated carbocycles. The summed E-state index contributed by atoms with van der Waals surface area (Å²) in [6.07, 6.45) is -0.746. The first kappa shape index (κ1) is 32.2. The Morgan fingerprint density at radius 2 is 1.48 bits per heavy atom. The van der Waals surface area contributed by atoms with Gasteiger partial charge in [0.15, 0.2) is 0 Å². The van der Waals surface area contributed by atoms with Crippen molar-refractivity contribution >= 4 is 40.5 Å². The molecule has 2 amide bonds. The number of likely N-dealkylation sites (N-methyl/N-ethyl adjacent to an activating group) is 1. The molecule has 0 radical (unpaired) electrons. The van der Waals surface area contributed by atoms with Crippen molar-refractivity contribution in [3.05, 3.63) is 140 Å². The van der Waals surface area contributed by atoms with Crippen LogP contribution in [0.5, 0.6) is 0 Å². The average molecular weight is 639 g/mol. The first-order valence-electron chi connectivity index (χ1n) is 15.0. The van der Waals surface area contributed by atoms with Gasteiger partial charge in [-0.25, -0.2) is 9.59 Å². The number of carbonyl (C=O) groups is 2. The quantitative estimate of drug-likeness (QED) is 0.153. The van der Waals surface area contributed by atoms with E-state index in [-0.39, 0.29) is 30.4 Å². The molecule has 1 atom stereocenters. The van der Waals surface area contributed by atoms with E-state index in [0.717, 1.165) is 16.7 Å². The Labute approximate surface area is 272 Å². The minimum absolute atomic E-state index is 0.0797. The number of benzene rings is 4. The van der Waals surface area contributed by atoms with Crippen molar-refractivity contribution in [3.8, 4) is 0 Å². The number of anilines is 1. The van der Waals surface area contributed by atoms with E-state index in [1.165, 1.54) is 4.90 Å². The number of aromatic nitrogens is 1. The molecule has 0 aliphatic carbocycles. The summed E-state index contributed by atoms with van der Waals surface area (Å²) in [4.78, 5) is 46.9. The van der Waals surface area contributed by atoms with Crippen molar-refractivity contribution in [2.45, 2.75) is 45.9 Å². The largest absolute Gasteiger partial charge is 0.465 e. The monoisotopic (exact) mass is 638 g/mol. The van der Waals surface area contributed by atoms with Gasteiger partial charge in [-0.05, 0) is 53.8 Å². The van der Waals surface area contributed by atoms with E-state index in [2.05, 4.69) is 10.3 Å². The zero-order chi connectivity index (χ0) is 32.6. The van der Waals surface area contributed by atoms with Crippen LogP contribution in [0.25, 0.3) is 10.9 Å². The summed E-state index contributed by atoms with van der Waals surface area (Å²) in [7, 11) is 0. The number of hydrogen-bond donors (Lipinski definition) is 2. The van der Waals surface area contributed by atoms with Gasteiger partial charge < -0.3 is 19.7 Å². The second-order valence-electron chi connectivity index (χ2n) is 11.0. The van der Waals surface area contributed by atoms with Crippen LogP contribution in [0, 0.1) is 6.92 Å². The molecule has 5 aromatic rings. The normalized spacial score (nSPS) is 11.6. The molecule has 1 aromatic heterocycles. The van der Waals surface area contributed by atoms with Gasteiger partial charge in [0.25, 0.3) is 6.01 Å². The molecular formula is C36H35ClN4O5. The Bertz CT molecular complexity index is 1880. The van der Waals surface area contributed by atoms with Crippen LogP contribution in [0.15, 0.2) is 106 Å². The van der Waals surface area contributed by atoms with Crippen LogP contribution in [-0.2, 0) is 30.8 Å². The summed E-state index contributed by atoms with van der Waals surface area (Å²) in [5.41, 5.74) is 3.59. The maximum absolute atomic E-state index is 14.0. The van der Waals surface area contributed by atoms with Gasteiger partial charge in [0, 0.05) is 37.6 Å². The molecule has 5 rings (SSSR count). The van der Waals surface area contributed by atoms with Gasteiger partial charge in [0.2, 0.25) is 5.91 Å². The number of fused-ring (bicyclic) bond motifs is 1. The summed E-state index contributed by atoms with van der Waals surface area (Å²) >= 11 is 6.40. The molecule has 0 aliphatic heterocycles. The molecule has 236 valence electrons. The predicted molar refractivity (Wildman–Crippen MR) is 179 cm³/mol.